The number of amides is 2. The summed E-state index contributed by atoms with van der Waals surface area (Å²) in [5, 5.41) is 7.41. The Kier molecular flexibility index (Phi) is 7.35. The first-order chi connectivity index (χ1) is 13.6. The molecule has 174 valence electrons. The van der Waals surface area contributed by atoms with Gasteiger partial charge in [0, 0.05) is 34.2 Å². The van der Waals surface area contributed by atoms with Crippen LogP contribution in [0.15, 0.2) is 0 Å². The number of rotatable bonds is 8. The molecule has 0 saturated carbocycles. The molecule has 0 unspecified atom stereocenters. The number of carbonyl (C=O) groups excluding carboxylic acids is 2. The van der Waals surface area contributed by atoms with E-state index in [1.54, 1.807) is 0 Å². The molecule has 0 aromatic heterocycles. The van der Waals surface area contributed by atoms with Gasteiger partial charge in [0.15, 0.2) is 0 Å². The van der Waals surface area contributed by atoms with Gasteiger partial charge in [-0.05, 0) is 87.5 Å². The van der Waals surface area contributed by atoms with E-state index >= 15 is 0 Å². The van der Waals surface area contributed by atoms with Gasteiger partial charge >= 0.3 is 0 Å². The summed E-state index contributed by atoms with van der Waals surface area (Å²) < 4.78 is 0. The van der Waals surface area contributed by atoms with Crippen LogP contribution in [0.1, 0.15) is 101 Å². The first-order valence-electron chi connectivity index (χ1n) is 11.7. The summed E-state index contributed by atoms with van der Waals surface area (Å²) in [6.07, 6.45) is 7.04. The molecule has 0 aliphatic carbocycles. The highest BCUT2D eigenvalue weighted by molar-refractivity contribution is 5.53. The van der Waals surface area contributed by atoms with E-state index in [2.05, 4.69) is 72.9 Å². The number of nitrogens with zero attached hydrogens (tertiary/aromatic N) is 2. The molecule has 0 aromatic rings. The number of hydrogen-bond acceptors (Lipinski definition) is 4. The number of piperidine rings is 2. The molecular weight excluding hydrogens is 376 g/mol. The summed E-state index contributed by atoms with van der Waals surface area (Å²) in [5.74, 6) is 0. The molecule has 30 heavy (non-hydrogen) atoms. The van der Waals surface area contributed by atoms with Crippen molar-refractivity contribution in [3.63, 3.8) is 0 Å². The highest BCUT2D eigenvalue weighted by Crippen LogP contribution is 2.36. The van der Waals surface area contributed by atoms with Gasteiger partial charge in [-0.25, -0.2) is 0 Å². The van der Waals surface area contributed by atoms with E-state index in [9.17, 15) is 9.59 Å². The van der Waals surface area contributed by atoms with Gasteiger partial charge in [-0.2, -0.15) is 0 Å². The van der Waals surface area contributed by atoms with Gasteiger partial charge in [0.2, 0.25) is 12.8 Å². The monoisotopic (exact) mass is 422 g/mol. The van der Waals surface area contributed by atoms with Gasteiger partial charge in [0.25, 0.3) is 0 Å². The normalized spacial score (nSPS) is 25.7. The predicted octanol–water partition coefficient (Wildman–Crippen LogP) is 3.65. The Balaban J connectivity index is 2.36. The lowest BCUT2D eigenvalue weighted by Crippen LogP contribution is -2.67. The molecule has 2 amide bonds. The minimum Gasteiger partial charge on any atom is -0.322 e. The lowest BCUT2D eigenvalue weighted by Gasteiger charge is -2.54. The summed E-state index contributed by atoms with van der Waals surface area (Å²) in [5.41, 5.74) is -0.241. The van der Waals surface area contributed by atoms with Crippen molar-refractivity contribution in [3.8, 4) is 0 Å². The topological polar surface area (TPSA) is 64.7 Å². The van der Waals surface area contributed by atoms with Crippen LogP contribution in [0.3, 0.4) is 0 Å². The van der Waals surface area contributed by atoms with E-state index in [1.807, 2.05) is 9.80 Å². The Hall–Kier alpha value is -1.14. The van der Waals surface area contributed by atoms with Gasteiger partial charge in [-0.3, -0.25) is 9.59 Å². The van der Waals surface area contributed by atoms with E-state index < -0.39 is 0 Å². The van der Waals surface area contributed by atoms with E-state index in [0.29, 0.717) is 0 Å². The standard InChI is InChI=1S/C24H46N4O2/c1-10-11-20(27(16-29)18-12-21(2,3)25-22(4,5)13-18)28(17-30)19-14-23(6,7)26-24(8,9)15-19/h16-20,25-26H,10-15H2,1-9H3. The summed E-state index contributed by atoms with van der Waals surface area (Å²) >= 11 is 0. The van der Waals surface area contributed by atoms with Gasteiger partial charge in [0.1, 0.15) is 6.17 Å². The van der Waals surface area contributed by atoms with Crippen molar-refractivity contribution in [2.24, 2.45) is 0 Å². The zero-order chi connectivity index (χ0) is 23.0. The van der Waals surface area contributed by atoms with Crippen LogP contribution in [0.2, 0.25) is 0 Å². The van der Waals surface area contributed by atoms with E-state index in [4.69, 9.17) is 0 Å². The molecule has 0 radical (unpaired) electrons. The van der Waals surface area contributed by atoms with E-state index in [1.165, 1.54) is 0 Å². The van der Waals surface area contributed by atoms with Crippen LogP contribution in [0.5, 0.6) is 0 Å². The molecule has 2 fully saturated rings. The number of carbonyl (C=O) groups is 2. The lowest BCUT2D eigenvalue weighted by atomic mass is 9.78. The Labute approximate surface area is 184 Å². The molecule has 2 aliphatic rings. The maximum absolute atomic E-state index is 12.5. The highest BCUT2D eigenvalue weighted by Gasteiger charge is 2.45. The summed E-state index contributed by atoms with van der Waals surface area (Å²) in [6.45, 7) is 19.8. The number of nitrogens with one attached hydrogen (secondary N) is 2. The molecule has 2 rings (SSSR count). The second-order valence-electron chi connectivity index (χ2n) is 12.3. The van der Waals surface area contributed by atoms with Gasteiger partial charge < -0.3 is 20.4 Å². The van der Waals surface area contributed by atoms with Gasteiger partial charge in [-0.1, -0.05) is 13.3 Å². The third-order valence-electron chi connectivity index (χ3n) is 6.66. The molecule has 6 heteroatoms. The van der Waals surface area contributed by atoms with Crippen LogP contribution in [0.4, 0.5) is 0 Å². The molecule has 2 saturated heterocycles. The second-order valence-corrected chi connectivity index (χ2v) is 12.3. The van der Waals surface area contributed by atoms with Crippen LogP contribution in [-0.4, -0.2) is 63.0 Å². The zero-order valence-corrected chi connectivity index (χ0v) is 20.8. The van der Waals surface area contributed by atoms with Crippen LogP contribution in [0, 0.1) is 0 Å². The molecule has 2 N–H and O–H groups in total. The van der Waals surface area contributed by atoms with E-state index in [0.717, 1.165) is 51.3 Å². The van der Waals surface area contributed by atoms with Crippen LogP contribution < -0.4 is 10.6 Å². The molecule has 0 atom stereocenters. The Morgan fingerprint density at radius 1 is 0.733 bits per heavy atom. The first-order valence-corrected chi connectivity index (χ1v) is 11.7. The largest absolute Gasteiger partial charge is 0.322 e. The van der Waals surface area contributed by atoms with Crippen molar-refractivity contribution in [1.82, 2.24) is 20.4 Å². The van der Waals surface area contributed by atoms with Crippen molar-refractivity contribution in [2.45, 2.75) is 141 Å². The van der Waals surface area contributed by atoms with Crippen molar-refractivity contribution >= 4 is 12.8 Å². The fraction of sp³-hybridized carbons (Fsp3) is 0.917. The maximum Gasteiger partial charge on any atom is 0.211 e. The summed E-state index contributed by atoms with van der Waals surface area (Å²) in [4.78, 5) is 28.8. The SMILES string of the molecule is CCCC(N(C=O)C1CC(C)(C)NC(C)(C)C1)N(C=O)C1CC(C)(C)NC(C)(C)C1. The molecule has 2 aliphatic heterocycles. The van der Waals surface area contributed by atoms with Crippen LogP contribution in [-0.2, 0) is 9.59 Å². The Morgan fingerprint density at radius 3 is 1.27 bits per heavy atom. The van der Waals surface area contributed by atoms with Crippen molar-refractivity contribution in [2.75, 3.05) is 0 Å². The van der Waals surface area contributed by atoms with Crippen LogP contribution in [0.25, 0.3) is 0 Å². The fourth-order valence-corrected chi connectivity index (χ4v) is 6.47. The molecule has 6 nitrogen and oxygen atoms in total. The average molecular weight is 423 g/mol. The van der Waals surface area contributed by atoms with Gasteiger partial charge in [-0.15, -0.1) is 0 Å². The first kappa shape index (κ1) is 25.1. The third-order valence-corrected chi connectivity index (χ3v) is 6.66. The zero-order valence-electron chi connectivity index (χ0n) is 20.8. The Morgan fingerprint density at radius 2 is 1.03 bits per heavy atom. The molecule has 0 bridgehead atoms. The summed E-state index contributed by atoms with van der Waals surface area (Å²) in [7, 11) is 0. The van der Waals surface area contributed by atoms with E-state index in [-0.39, 0.29) is 40.4 Å². The molecular formula is C24H46N4O2. The molecule has 0 spiro atoms. The predicted molar refractivity (Wildman–Crippen MR) is 123 cm³/mol. The molecule has 0 aromatic carbocycles. The smallest absolute Gasteiger partial charge is 0.211 e. The fourth-order valence-electron chi connectivity index (χ4n) is 6.47. The quantitative estimate of drug-likeness (QED) is 0.463. The average Bonchev–Trinajstić information content (AvgIpc) is 2.50. The second kappa shape index (κ2) is 8.78. The lowest BCUT2D eigenvalue weighted by molar-refractivity contribution is -0.142. The third kappa shape index (κ3) is 6.19. The van der Waals surface area contributed by atoms with Crippen molar-refractivity contribution in [1.29, 1.82) is 0 Å². The van der Waals surface area contributed by atoms with Crippen LogP contribution >= 0.6 is 0 Å². The van der Waals surface area contributed by atoms with Crippen molar-refractivity contribution in [3.05, 3.63) is 0 Å². The minimum absolute atomic E-state index is 0.0603. The summed E-state index contributed by atoms with van der Waals surface area (Å²) in [6, 6.07) is 0.214. The number of hydrogen-bond donors (Lipinski definition) is 2. The maximum atomic E-state index is 12.5. The molecule has 2 heterocycles. The van der Waals surface area contributed by atoms with Gasteiger partial charge in [0.05, 0.1) is 0 Å². The highest BCUT2D eigenvalue weighted by atomic mass is 16.1. The Bertz CT molecular complexity index is 532. The minimum atomic E-state index is -0.200. The van der Waals surface area contributed by atoms with Crippen molar-refractivity contribution < 1.29 is 9.59 Å².